The molecule has 0 aliphatic heterocycles. The smallest absolute Gasteiger partial charge is 0.296 e. The average Bonchev–Trinajstić information content (AvgIpc) is 1.30. The Morgan fingerprint density at radius 3 is 1.86 bits per heavy atom. The first-order valence-corrected chi connectivity index (χ1v) is 4.84. The molecule has 0 aromatic rings. The van der Waals surface area contributed by atoms with E-state index in [9.17, 15) is 0 Å². The maximum absolute atomic E-state index is 7.99. The van der Waals surface area contributed by atoms with Crippen LogP contribution in [0.15, 0.2) is 0 Å². The Morgan fingerprint density at radius 1 is 1.43 bits per heavy atom. The lowest BCUT2D eigenvalue weighted by Crippen LogP contribution is -1.91. The van der Waals surface area contributed by atoms with Crippen molar-refractivity contribution in [3.63, 3.8) is 0 Å². The molecule has 0 aliphatic rings. The number of rotatable bonds is 1. The van der Waals surface area contributed by atoms with Crippen molar-refractivity contribution < 1.29 is 4.79 Å². The largest absolute Gasteiger partial charge is 0.361 e. The minimum atomic E-state index is -0.716. The monoisotopic (exact) mass is 118 g/mol. The van der Waals surface area contributed by atoms with E-state index >= 15 is 0 Å². The summed E-state index contributed by atoms with van der Waals surface area (Å²) in [6.45, 7) is 0. The zero-order chi connectivity index (χ0) is 5.91. The van der Waals surface area contributed by atoms with E-state index in [0.29, 0.717) is 0 Å². The lowest BCUT2D eigenvalue weighted by Gasteiger charge is -2.09. The van der Waals surface area contributed by atoms with Crippen molar-refractivity contribution in [3.8, 4) is 0 Å². The van der Waals surface area contributed by atoms with Crippen molar-refractivity contribution in [2.75, 3.05) is 18.8 Å². The van der Waals surface area contributed by atoms with Crippen LogP contribution in [-0.2, 0) is 0 Å². The maximum Gasteiger partial charge on any atom is 0.296 e. The van der Waals surface area contributed by atoms with Gasteiger partial charge in [-0.3, -0.25) is 0 Å². The zero-order valence-corrected chi connectivity index (χ0v) is 5.70. The van der Waals surface area contributed by atoms with Crippen LogP contribution in [0.2, 0.25) is 0 Å². The van der Waals surface area contributed by atoms with Crippen LogP contribution >= 0.6 is 10.0 Å². The van der Waals surface area contributed by atoms with Gasteiger partial charge in [-0.1, -0.05) is 0 Å². The fourth-order valence-corrected chi connectivity index (χ4v) is 0.424. The van der Waals surface area contributed by atoms with Crippen molar-refractivity contribution in [1.82, 2.24) is 0 Å². The lowest BCUT2D eigenvalue weighted by molar-refractivity contribution is 0.00805. The van der Waals surface area contributed by atoms with Gasteiger partial charge < -0.3 is 5.53 Å². The Labute approximate surface area is 45.5 Å². The standard InChI is InChI=1S/C4H10N2S/c1-7(2,3)4-6-5/h4H,1-3H3. The molecule has 0 unspecified atom stereocenters. The van der Waals surface area contributed by atoms with Crippen LogP contribution in [0.25, 0.3) is 5.53 Å². The third kappa shape index (κ3) is 5.73. The summed E-state index contributed by atoms with van der Waals surface area (Å²) in [4.78, 5) is 2.92. The van der Waals surface area contributed by atoms with E-state index in [2.05, 4.69) is 4.79 Å². The highest BCUT2D eigenvalue weighted by Gasteiger charge is 2.01. The molecule has 0 radical (unpaired) electrons. The Hall–Kier alpha value is -0.270. The minimum absolute atomic E-state index is 0.716. The van der Waals surface area contributed by atoms with E-state index in [1.54, 1.807) is 5.55 Å². The van der Waals surface area contributed by atoms with E-state index in [1.165, 1.54) is 0 Å². The van der Waals surface area contributed by atoms with Gasteiger partial charge in [0.05, 0.1) is 0 Å². The highest BCUT2D eigenvalue weighted by Crippen LogP contribution is 2.28. The lowest BCUT2D eigenvalue weighted by atomic mass is 11.7. The first-order valence-electron chi connectivity index (χ1n) is 1.92. The molecule has 3 heteroatoms. The summed E-state index contributed by atoms with van der Waals surface area (Å²) in [6.07, 6.45) is 6.14. The number of hydrogen-bond acceptors (Lipinski definition) is 0. The molecular formula is C4H10N2S. The van der Waals surface area contributed by atoms with Crippen LogP contribution in [-0.4, -0.2) is 29.1 Å². The molecule has 0 fully saturated rings. The molecule has 0 atom stereocenters. The van der Waals surface area contributed by atoms with E-state index < -0.39 is 10.0 Å². The fourth-order valence-electron chi connectivity index (χ4n) is 0.141. The molecule has 0 aliphatic carbocycles. The van der Waals surface area contributed by atoms with Crippen molar-refractivity contribution in [1.29, 1.82) is 0 Å². The van der Waals surface area contributed by atoms with Gasteiger partial charge in [0, 0.05) is 0 Å². The predicted octanol–water partition coefficient (Wildman–Crippen LogP) is 0.938. The van der Waals surface area contributed by atoms with Gasteiger partial charge in [0.2, 0.25) is 0 Å². The van der Waals surface area contributed by atoms with E-state index in [-0.39, 0.29) is 0 Å². The molecule has 0 saturated heterocycles. The summed E-state index contributed by atoms with van der Waals surface area (Å²) in [6, 6.07) is 0. The van der Waals surface area contributed by atoms with Gasteiger partial charge >= 0.3 is 0 Å². The van der Waals surface area contributed by atoms with Gasteiger partial charge in [0.15, 0.2) is 0 Å². The van der Waals surface area contributed by atoms with Crippen LogP contribution in [0.5, 0.6) is 0 Å². The summed E-state index contributed by atoms with van der Waals surface area (Å²) < 4.78 is 0. The molecule has 0 bridgehead atoms. The molecule has 0 heterocycles. The Bertz CT molecular complexity index is 96.7. The van der Waals surface area contributed by atoms with Gasteiger partial charge in [0.25, 0.3) is 5.55 Å². The summed E-state index contributed by atoms with van der Waals surface area (Å²) in [5.74, 6) is 0. The van der Waals surface area contributed by atoms with E-state index in [0.717, 1.165) is 0 Å². The Balaban J connectivity index is 3.80. The molecule has 0 N–H and O–H groups in total. The molecule has 42 valence electrons. The molecule has 0 aromatic carbocycles. The number of hydrogen-bond donors (Lipinski definition) is 0. The summed E-state index contributed by atoms with van der Waals surface area (Å²) >= 11 is 0. The molecule has 0 aromatic heterocycles. The Morgan fingerprint density at radius 2 is 1.86 bits per heavy atom. The van der Waals surface area contributed by atoms with Crippen molar-refractivity contribution in [3.05, 3.63) is 5.53 Å². The van der Waals surface area contributed by atoms with Crippen molar-refractivity contribution in [2.45, 2.75) is 0 Å². The van der Waals surface area contributed by atoms with Gasteiger partial charge in [0.1, 0.15) is 0 Å². The topological polar surface area (TPSA) is 36.4 Å². The molecule has 0 amide bonds. The van der Waals surface area contributed by atoms with Crippen molar-refractivity contribution >= 4 is 15.6 Å². The van der Waals surface area contributed by atoms with Crippen LogP contribution in [0.1, 0.15) is 0 Å². The quantitative estimate of drug-likeness (QED) is 0.213. The van der Waals surface area contributed by atoms with Crippen LogP contribution in [0.3, 0.4) is 0 Å². The summed E-state index contributed by atoms with van der Waals surface area (Å²) in [5, 5.41) is 0. The minimum Gasteiger partial charge on any atom is -0.361 e. The van der Waals surface area contributed by atoms with Gasteiger partial charge in [-0.2, -0.15) is 14.8 Å². The normalized spacial score (nSPS) is 12.4. The first-order chi connectivity index (χ1) is 3.06. The molecule has 2 nitrogen and oxygen atoms in total. The second-order valence-corrected chi connectivity index (χ2v) is 6.23. The van der Waals surface area contributed by atoms with Crippen LogP contribution < -0.4 is 0 Å². The summed E-state index contributed by atoms with van der Waals surface area (Å²) in [7, 11) is -0.716. The van der Waals surface area contributed by atoms with Crippen molar-refractivity contribution in [2.24, 2.45) is 0 Å². The van der Waals surface area contributed by atoms with Gasteiger partial charge in [-0.15, -0.1) is 0 Å². The van der Waals surface area contributed by atoms with Crippen LogP contribution in [0.4, 0.5) is 0 Å². The average molecular weight is 118 g/mol. The molecule has 7 heavy (non-hydrogen) atoms. The highest BCUT2D eigenvalue weighted by atomic mass is 32.3. The fraction of sp³-hybridized carbons (Fsp3) is 0.750. The second kappa shape index (κ2) is 2.15. The molecule has 0 spiro atoms. The molecular weight excluding hydrogens is 108 g/mol. The van der Waals surface area contributed by atoms with E-state index in [1.807, 2.05) is 18.8 Å². The van der Waals surface area contributed by atoms with Crippen LogP contribution in [0, 0.1) is 0 Å². The third-order valence-electron chi connectivity index (χ3n) is 0.363. The van der Waals surface area contributed by atoms with Gasteiger partial charge in [-0.25, -0.2) is 0 Å². The van der Waals surface area contributed by atoms with E-state index in [4.69, 9.17) is 5.53 Å². The molecule has 0 saturated carbocycles. The van der Waals surface area contributed by atoms with Gasteiger partial charge in [-0.05, 0) is 18.8 Å². The zero-order valence-electron chi connectivity index (χ0n) is 4.88. The Kier molecular flexibility index (Phi) is 2.06. The number of nitrogens with zero attached hydrogens (tertiary/aromatic N) is 2. The third-order valence-corrected chi connectivity index (χ3v) is 1.09. The predicted molar refractivity (Wildman–Crippen MR) is 35.0 cm³/mol. The maximum atomic E-state index is 7.99. The highest BCUT2D eigenvalue weighted by molar-refractivity contribution is 8.42. The molecule has 0 rings (SSSR count). The first kappa shape index (κ1) is 6.73. The second-order valence-electron chi connectivity index (χ2n) is 2.15. The summed E-state index contributed by atoms with van der Waals surface area (Å²) in [5.41, 5.74) is 9.57. The SMILES string of the molecule is CS(C)(C)C=[N+]=[N-].